The van der Waals surface area contributed by atoms with Gasteiger partial charge in [-0.25, -0.2) is 0 Å². The summed E-state index contributed by atoms with van der Waals surface area (Å²) in [6, 6.07) is -0.997. The van der Waals surface area contributed by atoms with Crippen LogP contribution in [0.25, 0.3) is 0 Å². The summed E-state index contributed by atoms with van der Waals surface area (Å²) in [5, 5.41) is 18.3. The summed E-state index contributed by atoms with van der Waals surface area (Å²) in [6.45, 7) is 4.35. The third-order valence-corrected chi connectivity index (χ3v) is 5.89. The van der Waals surface area contributed by atoms with Crippen molar-refractivity contribution in [1.29, 1.82) is 0 Å². The molecule has 0 aromatic rings. The second-order valence-corrected chi connectivity index (χ2v) is 8.98. The minimum Gasteiger partial charge on any atom is -0.391 e. The number of carbonyl (C=O) groups excluding carboxylic acids is 2. The van der Waals surface area contributed by atoms with Crippen LogP contribution in [0.2, 0.25) is 0 Å². The van der Waals surface area contributed by atoms with Crippen molar-refractivity contribution in [2.75, 3.05) is 6.54 Å². The van der Waals surface area contributed by atoms with E-state index in [4.69, 9.17) is 0 Å². The lowest BCUT2D eigenvalue weighted by molar-refractivity contribution is -0.121. The van der Waals surface area contributed by atoms with E-state index in [0.717, 1.165) is 38.5 Å². The molecule has 8 nitrogen and oxygen atoms in total. The minimum atomic E-state index is -0.712. The fraction of sp³-hybridized carbons (Fsp3) is 0.517. The van der Waals surface area contributed by atoms with Gasteiger partial charge in [-0.3, -0.25) is 30.5 Å². The molecule has 3 atom stereocenters. The van der Waals surface area contributed by atoms with Gasteiger partial charge in [0, 0.05) is 6.42 Å². The molecule has 2 amide bonds. The standard InChI is InChI=1S/C29H43N5O3/c1-3-5-6-7-8-9-10-11-12-13-14-15-16-17-18-19-20-21-25(36)32-29-33-27-26(28(37)34-29)31-23(22-30-27)24(35)4-2/h5-6,8-9,11-12,14-15,17-18,23-24,26,31,35H,3-4,7,10,13,16,19-22H2,1-2H3,(H2,30,32,33,34,36,37)/b6-5-,9-8-,12-11-,15-14-,18-17-. The number of unbranched alkanes of at least 4 members (excludes halogenated alkanes) is 1. The van der Waals surface area contributed by atoms with Crippen molar-refractivity contribution >= 4 is 23.6 Å². The van der Waals surface area contributed by atoms with Gasteiger partial charge in [-0.05, 0) is 51.4 Å². The van der Waals surface area contributed by atoms with Gasteiger partial charge in [-0.15, -0.1) is 0 Å². The molecule has 0 bridgehead atoms. The normalized spacial score (nSPS) is 21.1. The number of amidine groups is 1. The van der Waals surface area contributed by atoms with E-state index in [1.54, 1.807) is 0 Å². The number of allylic oxidation sites excluding steroid dienone is 10. The van der Waals surface area contributed by atoms with Gasteiger partial charge in [-0.2, -0.15) is 4.99 Å². The lowest BCUT2D eigenvalue weighted by Crippen LogP contribution is -2.63. The molecule has 0 saturated carbocycles. The van der Waals surface area contributed by atoms with Crippen molar-refractivity contribution < 1.29 is 14.7 Å². The van der Waals surface area contributed by atoms with Gasteiger partial charge in [0.2, 0.25) is 11.9 Å². The molecule has 4 N–H and O–H groups in total. The van der Waals surface area contributed by atoms with E-state index in [0.29, 0.717) is 31.6 Å². The number of amides is 2. The Labute approximate surface area is 221 Å². The lowest BCUT2D eigenvalue weighted by Gasteiger charge is -2.33. The SMILES string of the molecule is CC/C=C\C/C=C\C/C=C\C/C=C\C/C=C\CCCC(=O)NC1=NC2=NCC(C(O)CC)NC2C(=O)N1. The number of aliphatic hydroxyl groups is 1. The first-order chi connectivity index (χ1) is 18.0. The molecule has 37 heavy (non-hydrogen) atoms. The predicted molar refractivity (Wildman–Crippen MR) is 151 cm³/mol. The first-order valence-electron chi connectivity index (χ1n) is 13.5. The van der Waals surface area contributed by atoms with Crippen LogP contribution in [0.5, 0.6) is 0 Å². The Bertz CT molecular complexity index is 930. The van der Waals surface area contributed by atoms with Crippen LogP contribution >= 0.6 is 0 Å². The molecule has 0 radical (unpaired) electrons. The Kier molecular flexibility index (Phi) is 14.8. The van der Waals surface area contributed by atoms with E-state index in [1.807, 2.05) is 6.92 Å². The van der Waals surface area contributed by atoms with Gasteiger partial charge in [0.25, 0.3) is 5.91 Å². The van der Waals surface area contributed by atoms with E-state index >= 15 is 0 Å². The molecular formula is C29H43N5O3. The second kappa shape index (κ2) is 18.2. The number of rotatable bonds is 15. The summed E-state index contributed by atoms with van der Waals surface area (Å²) in [4.78, 5) is 33.2. The number of hydrogen-bond acceptors (Lipinski definition) is 6. The van der Waals surface area contributed by atoms with Crippen molar-refractivity contribution in [2.45, 2.75) is 89.8 Å². The van der Waals surface area contributed by atoms with Gasteiger partial charge < -0.3 is 5.11 Å². The quantitative estimate of drug-likeness (QED) is 0.197. The van der Waals surface area contributed by atoms with Crippen LogP contribution in [0, 0.1) is 0 Å². The van der Waals surface area contributed by atoms with E-state index < -0.39 is 12.1 Å². The van der Waals surface area contributed by atoms with Crippen LogP contribution < -0.4 is 16.0 Å². The molecule has 0 fully saturated rings. The minimum absolute atomic E-state index is 0.108. The van der Waals surface area contributed by atoms with Gasteiger partial charge in [0.15, 0.2) is 5.84 Å². The zero-order chi connectivity index (χ0) is 26.7. The maximum Gasteiger partial charge on any atom is 0.251 e. The largest absolute Gasteiger partial charge is 0.391 e. The van der Waals surface area contributed by atoms with Crippen molar-refractivity contribution in [3.8, 4) is 0 Å². The van der Waals surface area contributed by atoms with Gasteiger partial charge in [0.1, 0.15) is 6.04 Å². The number of carbonyl (C=O) groups is 2. The predicted octanol–water partition coefficient (Wildman–Crippen LogP) is 4.02. The number of aliphatic hydroxyl groups excluding tert-OH is 1. The fourth-order valence-corrected chi connectivity index (χ4v) is 3.77. The number of aliphatic imine (C=N–C) groups is 2. The number of hydrogen-bond donors (Lipinski definition) is 4. The maximum atomic E-state index is 12.4. The molecule has 0 spiro atoms. The number of nitrogens with one attached hydrogen (secondary N) is 3. The lowest BCUT2D eigenvalue weighted by atomic mass is 10.0. The van der Waals surface area contributed by atoms with Crippen LogP contribution in [0.3, 0.4) is 0 Å². The highest BCUT2D eigenvalue weighted by atomic mass is 16.3. The van der Waals surface area contributed by atoms with Crippen molar-refractivity contribution in [3.05, 3.63) is 60.8 Å². The monoisotopic (exact) mass is 509 g/mol. The molecule has 0 saturated heterocycles. The zero-order valence-corrected chi connectivity index (χ0v) is 22.2. The average molecular weight is 510 g/mol. The first-order valence-corrected chi connectivity index (χ1v) is 13.5. The van der Waals surface area contributed by atoms with E-state index in [2.05, 4.69) is 93.6 Å². The Morgan fingerprint density at radius 1 is 1.00 bits per heavy atom. The van der Waals surface area contributed by atoms with Crippen LogP contribution in [0.4, 0.5) is 0 Å². The molecule has 3 unspecified atom stereocenters. The molecule has 0 aliphatic carbocycles. The average Bonchev–Trinajstić information content (AvgIpc) is 2.89. The van der Waals surface area contributed by atoms with E-state index in [9.17, 15) is 14.7 Å². The molecule has 2 aliphatic rings. The molecular weight excluding hydrogens is 466 g/mol. The highest BCUT2D eigenvalue weighted by Gasteiger charge is 2.36. The van der Waals surface area contributed by atoms with Crippen molar-refractivity contribution in [2.24, 2.45) is 9.98 Å². The molecule has 8 heteroatoms. The third kappa shape index (κ3) is 12.1. The van der Waals surface area contributed by atoms with Gasteiger partial charge in [-0.1, -0.05) is 74.6 Å². The van der Waals surface area contributed by atoms with Crippen LogP contribution in [-0.4, -0.2) is 53.4 Å². The van der Waals surface area contributed by atoms with Crippen molar-refractivity contribution in [1.82, 2.24) is 16.0 Å². The Morgan fingerprint density at radius 2 is 1.59 bits per heavy atom. The number of fused-ring (bicyclic) bond motifs is 1. The highest BCUT2D eigenvalue weighted by Crippen LogP contribution is 2.11. The topological polar surface area (TPSA) is 115 Å². The van der Waals surface area contributed by atoms with Crippen molar-refractivity contribution in [3.63, 3.8) is 0 Å². The third-order valence-electron chi connectivity index (χ3n) is 5.89. The van der Waals surface area contributed by atoms with E-state index in [-0.39, 0.29) is 23.8 Å². The molecule has 0 aromatic carbocycles. The van der Waals surface area contributed by atoms with Gasteiger partial charge >= 0.3 is 0 Å². The number of nitrogens with zero attached hydrogens (tertiary/aromatic N) is 2. The number of guanidine groups is 1. The summed E-state index contributed by atoms with van der Waals surface area (Å²) in [7, 11) is 0. The maximum absolute atomic E-state index is 12.4. The summed E-state index contributed by atoms with van der Waals surface area (Å²) in [5.41, 5.74) is 0. The molecule has 2 heterocycles. The summed E-state index contributed by atoms with van der Waals surface area (Å²) < 4.78 is 0. The summed E-state index contributed by atoms with van der Waals surface area (Å²) in [6.07, 6.45) is 28.3. The smallest absolute Gasteiger partial charge is 0.251 e. The highest BCUT2D eigenvalue weighted by molar-refractivity contribution is 6.21. The Balaban J connectivity index is 1.57. The van der Waals surface area contributed by atoms with Gasteiger partial charge in [0.05, 0.1) is 18.7 Å². The van der Waals surface area contributed by atoms with Crippen LogP contribution in [-0.2, 0) is 9.59 Å². The molecule has 2 rings (SSSR count). The Hall–Kier alpha value is -3.10. The van der Waals surface area contributed by atoms with Crippen LogP contribution in [0.1, 0.15) is 71.6 Å². The fourth-order valence-electron chi connectivity index (χ4n) is 3.77. The van der Waals surface area contributed by atoms with Crippen LogP contribution in [0.15, 0.2) is 70.7 Å². The Morgan fingerprint density at radius 3 is 2.19 bits per heavy atom. The first kappa shape index (κ1) is 30.1. The summed E-state index contributed by atoms with van der Waals surface area (Å²) >= 11 is 0. The molecule has 2 aliphatic heterocycles. The second-order valence-electron chi connectivity index (χ2n) is 8.98. The molecule has 202 valence electrons. The molecule has 0 aromatic heterocycles. The zero-order valence-electron chi connectivity index (χ0n) is 22.2. The van der Waals surface area contributed by atoms with E-state index in [1.165, 1.54) is 0 Å². The summed E-state index contributed by atoms with van der Waals surface area (Å²) in [5.74, 6) is -0.0992.